The summed E-state index contributed by atoms with van der Waals surface area (Å²) in [5.41, 5.74) is 0.651. The number of carboxylic acids is 1. The first-order valence-corrected chi connectivity index (χ1v) is 10.3. The SMILES string of the molecule is CN1CCC(CC(=O)N2CCC3(CC2)OCCc2sc(C(=O)O)cc23)C1. The largest absolute Gasteiger partial charge is 0.477 e. The molecular weight excluding hydrogens is 352 g/mol. The van der Waals surface area contributed by atoms with E-state index in [1.165, 1.54) is 11.3 Å². The van der Waals surface area contributed by atoms with E-state index in [2.05, 4.69) is 11.9 Å². The number of fused-ring (bicyclic) bond motifs is 2. The molecule has 2 saturated heterocycles. The van der Waals surface area contributed by atoms with Crippen LogP contribution in [0.1, 0.15) is 45.8 Å². The van der Waals surface area contributed by atoms with Gasteiger partial charge in [-0.25, -0.2) is 4.79 Å². The predicted molar refractivity (Wildman–Crippen MR) is 98.6 cm³/mol. The lowest BCUT2D eigenvalue weighted by molar-refractivity contribution is -0.141. The summed E-state index contributed by atoms with van der Waals surface area (Å²) in [5.74, 6) is -0.127. The van der Waals surface area contributed by atoms with E-state index in [0.717, 1.165) is 49.2 Å². The minimum Gasteiger partial charge on any atom is -0.477 e. The van der Waals surface area contributed by atoms with Gasteiger partial charge in [-0.2, -0.15) is 0 Å². The summed E-state index contributed by atoms with van der Waals surface area (Å²) in [6.45, 7) is 4.12. The van der Waals surface area contributed by atoms with Gasteiger partial charge in [0, 0.05) is 37.4 Å². The maximum atomic E-state index is 12.7. The Balaban J connectivity index is 1.42. The number of rotatable bonds is 3. The molecule has 1 atom stereocenters. The van der Waals surface area contributed by atoms with Crippen LogP contribution >= 0.6 is 11.3 Å². The lowest BCUT2D eigenvalue weighted by Gasteiger charge is -2.44. The number of amides is 1. The Bertz CT molecular complexity index is 708. The van der Waals surface area contributed by atoms with E-state index >= 15 is 0 Å². The fraction of sp³-hybridized carbons (Fsp3) is 0.684. The van der Waals surface area contributed by atoms with Crippen LogP contribution in [0.2, 0.25) is 0 Å². The molecular formula is C19H26N2O4S. The summed E-state index contributed by atoms with van der Waals surface area (Å²) in [6.07, 6.45) is 4.05. The number of nitrogens with zero attached hydrogens (tertiary/aromatic N) is 2. The molecule has 4 rings (SSSR count). The zero-order valence-corrected chi connectivity index (χ0v) is 16.0. The fourth-order valence-corrected chi connectivity index (χ4v) is 5.69. The highest BCUT2D eigenvalue weighted by Gasteiger charge is 2.43. The molecule has 2 fully saturated rings. The first-order chi connectivity index (χ1) is 12.5. The Hall–Kier alpha value is -1.44. The van der Waals surface area contributed by atoms with Gasteiger partial charge in [0.05, 0.1) is 12.2 Å². The number of hydrogen-bond acceptors (Lipinski definition) is 5. The molecule has 0 aromatic carbocycles. The van der Waals surface area contributed by atoms with Crippen molar-refractivity contribution in [1.29, 1.82) is 0 Å². The Morgan fingerprint density at radius 3 is 2.77 bits per heavy atom. The first-order valence-electron chi connectivity index (χ1n) is 9.43. The normalized spacial score (nSPS) is 25.4. The molecule has 1 N–H and O–H groups in total. The fourth-order valence-electron chi connectivity index (χ4n) is 4.62. The average molecular weight is 378 g/mol. The number of carbonyl (C=O) groups excluding carboxylic acids is 1. The number of carboxylic acid groups (broad SMARTS) is 1. The van der Waals surface area contributed by atoms with Crippen LogP contribution in [0.5, 0.6) is 0 Å². The van der Waals surface area contributed by atoms with Crippen LogP contribution in [0, 0.1) is 5.92 Å². The summed E-state index contributed by atoms with van der Waals surface area (Å²) in [4.78, 5) is 29.8. The van der Waals surface area contributed by atoms with Crippen LogP contribution in [0.25, 0.3) is 0 Å². The van der Waals surface area contributed by atoms with Gasteiger partial charge in [-0.3, -0.25) is 4.79 Å². The molecule has 4 heterocycles. The molecule has 1 unspecified atom stereocenters. The summed E-state index contributed by atoms with van der Waals surface area (Å²) < 4.78 is 6.17. The summed E-state index contributed by atoms with van der Waals surface area (Å²) in [6, 6.07) is 1.80. The molecule has 0 saturated carbocycles. The van der Waals surface area contributed by atoms with Gasteiger partial charge in [-0.1, -0.05) is 0 Å². The number of piperidine rings is 1. The third-order valence-corrected chi connectivity index (χ3v) is 7.28. The standard InChI is InChI=1S/C19H26N2O4S/c1-20-6-2-13(12-20)10-17(22)21-7-4-19(5-8-21)14-11-16(18(23)24)26-15(14)3-9-25-19/h11,13H,2-10,12H2,1H3,(H,23,24). The second kappa shape index (κ2) is 6.94. The van der Waals surface area contributed by atoms with Crippen LogP contribution in [-0.4, -0.2) is 66.6 Å². The molecule has 0 bridgehead atoms. The van der Waals surface area contributed by atoms with Gasteiger partial charge in [0.2, 0.25) is 5.91 Å². The lowest BCUT2D eigenvalue weighted by Crippen LogP contribution is -2.48. The lowest BCUT2D eigenvalue weighted by atomic mass is 9.82. The highest BCUT2D eigenvalue weighted by Crippen LogP contribution is 2.44. The highest BCUT2D eigenvalue weighted by atomic mass is 32.1. The zero-order chi connectivity index (χ0) is 18.3. The maximum Gasteiger partial charge on any atom is 0.345 e. The van der Waals surface area contributed by atoms with Crippen LogP contribution in [-0.2, 0) is 21.6 Å². The Kier molecular flexibility index (Phi) is 4.79. The molecule has 0 aliphatic carbocycles. The van der Waals surface area contributed by atoms with Crippen molar-refractivity contribution in [3.63, 3.8) is 0 Å². The molecule has 1 spiro atoms. The van der Waals surface area contributed by atoms with Crippen molar-refractivity contribution < 1.29 is 19.4 Å². The second-order valence-electron chi connectivity index (χ2n) is 7.85. The number of thiophene rings is 1. The van der Waals surface area contributed by atoms with Gasteiger partial charge in [0.15, 0.2) is 0 Å². The number of carbonyl (C=O) groups is 2. The maximum absolute atomic E-state index is 12.7. The van der Waals surface area contributed by atoms with E-state index in [1.54, 1.807) is 6.07 Å². The second-order valence-corrected chi connectivity index (χ2v) is 8.98. The molecule has 1 amide bonds. The number of hydrogen-bond donors (Lipinski definition) is 1. The molecule has 3 aliphatic rings. The Labute approximate surface area is 157 Å². The van der Waals surface area contributed by atoms with Gasteiger partial charge >= 0.3 is 5.97 Å². The van der Waals surface area contributed by atoms with Crippen molar-refractivity contribution in [2.45, 2.75) is 37.7 Å². The van der Waals surface area contributed by atoms with Crippen LogP contribution in [0.3, 0.4) is 0 Å². The average Bonchev–Trinajstić information content (AvgIpc) is 3.23. The minimum atomic E-state index is -0.867. The Morgan fingerprint density at radius 2 is 2.12 bits per heavy atom. The van der Waals surface area contributed by atoms with Gasteiger partial charge in [-0.15, -0.1) is 11.3 Å². The van der Waals surface area contributed by atoms with Gasteiger partial charge in [0.25, 0.3) is 0 Å². The molecule has 1 aromatic rings. The topological polar surface area (TPSA) is 70.1 Å². The molecule has 7 heteroatoms. The molecule has 3 aliphatic heterocycles. The van der Waals surface area contributed by atoms with Crippen molar-refractivity contribution in [2.24, 2.45) is 5.92 Å². The third kappa shape index (κ3) is 3.28. The third-order valence-electron chi connectivity index (χ3n) is 6.09. The van der Waals surface area contributed by atoms with Crippen LogP contribution < -0.4 is 0 Å². The van der Waals surface area contributed by atoms with E-state index in [0.29, 0.717) is 36.9 Å². The molecule has 1 aromatic heterocycles. The minimum absolute atomic E-state index is 0.257. The van der Waals surface area contributed by atoms with Crippen molar-refractivity contribution >= 4 is 23.2 Å². The summed E-state index contributed by atoms with van der Waals surface area (Å²) in [5, 5.41) is 9.30. The van der Waals surface area contributed by atoms with Gasteiger partial charge in [0.1, 0.15) is 4.88 Å². The molecule has 26 heavy (non-hydrogen) atoms. The monoisotopic (exact) mass is 378 g/mol. The smallest absolute Gasteiger partial charge is 0.345 e. The highest BCUT2D eigenvalue weighted by molar-refractivity contribution is 7.14. The zero-order valence-electron chi connectivity index (χ0n) is 15.2. The van der Waals surface area contributed by atoms with Gasteiger partial charge < -0.3 is 19.6 Å². The molecule has 0 radical (unpaired) electrons. The van der Waals surface area contributed by atoms with E-state index in [4.69, 9.17) is 4.74 Å². The first kappa shape index (κ1) is 17.9. The van der Waals surface area contributed by atoms with Crippen molar-refractivity contribution in [3.05, 3.63) is 21.4 Å². The molecule has 6 nitrogen and oxygen atoms in total. The van der Waals surface area contributed by atoms with E-state index in [9.17, 15) is 14.7 Å². The molecule has 142 valence electrons. The van der Waals surface area contributed by atoms with Crippen LogP contribution in [0.15, 0.2) is 6.07 Å². The quantitative estimate of drug-likeness (QED) is 0.873. The Morgan fingerprint density at radius 1 is 1.35 bits per heavy atom. The van der Waals surface area contributed by atoms with Crippen molar-refractivity contribution in [2.75, 3.05) is 39.8 Å². The van der Waals surface area contributed by atoms with E-state index in [1.807, 2.05) is 4.90 Å². The van der Waals surface area contributed by atoms with Crippen molar-refractivity contribution in [1.82, 2.24) is 9.80 Å². The number of likely N-dealkylation sites (tertiary alicyclic amines) is 2. The number of ether oxygens (including phenoxy) is 1. The van der Waals surface area contributed by atoms with Crippen molar-refractivity contribution in [3.8, 4) is 0 Å². The predicted octanol–water partition coefficient (Wildman–Crippen LogP) is 2.18. The van der Waals surface area contributed by atoms with Gasteiger partial charge in [-0.05, 0) is 50.4 Å². The summed E-state index contributed by atoms with van der Waals surface area (Å²) >= 11 is 1.37. The van der Waals surface area contributed by atoms with E-state index < -0.39 is 11.6 Å². The number of aromatic carboxylic acids is 1. The summed E-state index contributed by atoms with van der Waals surface area (Å²) in [7, 11) is 2.11. The van der Waals surface area contributed by atoms with E-state index in [-0.39, 0.29) is 5.91 Å². The van der Waals surface area contributed by atoms with Crippen LogP contribution in [0.4, 0.5) is 0 Å².